The molecule has 0 aliphatic carbocycles. The molecule has 5 nitrogen and oxygen atoms in total. The van der Waals surface area contributed by atoms with Gasteiger partial charge in [0.05, 0.1) is 18.2 Å². The van der Waals surface area contributed by atoms with E-state index >= 15 is 0 Å². The van der Waals surface area contributed by atoms with Crippen LogP contribution in [0.1, 0.15) is 43.5 Å². The van der Waals surface area contributed by atoms with Crippen molar-refractivity contribution in [1.29, 1.82) is 0 Å². The summed E-state index contributed by atoms with van der Waals surface area (Å²) in [6, 6.07) is 7.45. The van der Waals surface area contributed by atoms with Gasteiger partial charge in [-0.3, -0.25) is 14.5 Å². The molecule has 0 radical (unpaired) electrons. The third kappa shape index (κ3) is 4.38. The minimum atomic E-state index is -0.0866. The molecule has 0 bridgehead atoms. The zero-order valence-electron chi connectivity index (χ0n) is 14.0. The fourth-order valence-electron chi connectivity index (χ4n) is 2.91. The van der Waals surface area contributed by atoms with E-state index in [1.165, 1.54) is 11.3 Å². The lowest BCUT2D eigenvalue weighted by atomic mass is 10.0. The molecule has 132 valence electrons. The van der Waals surface area contributed by atoms with Gasteiger partial charge in [-0.2, -0.15) is 0 Å². The number of thiazole rings is 1. The number of carbonyl (C=O) groups excluding carboxylic acids is 2. The highest BCUT2D eigenvalue weighted by molar-refractivity contribution is 7.14. The maximum atomic E-state index is 12.4. The van der Waals surface area contributed by atoms with Crippen molar-refractivity contribution in [2.24, 2.45) is 0 Å². The summed E-state index contributed by atoms with van der Waals surface area (Å²) >= 11 is 7.45. The monoisotopic (exact) mass is 377 g/mol. The van der Waals surface area contributed by atoms with Crippen molar-refractivity contribution in [3.05, 3.63) is 45.9 Å². The Labute approximate surface area is 156 Å². The number of rotatable bonds is 6. The van der Waals surface area contributed by atoms with Gasteiger partial charge in [-0.15, -0.1) is 11.3 Å². The molecule has 2 heterocycles. The Kier molecular flexibility index (Phi) is 5.71. The molecule has 0 saturated carbocycles. The maximum Gasteiger partial charge on any atom is 0.228 e. The largest absolute Gasteiger partial charge is 0.349 e. The molecule has 0 spiro atoms. The van der Waals surface area contributed by atoms with Crippen molar-refractivity contribution in [1.82, 2.24) is 10.3 Å². The number of nitrogens with one attached hydrogen (secondary N) is 1. The first-order chi connectivity index (χ1) is 12.1. The summed E-state index contributed by atoms with van der Waals surface area (Å²) in [6.07, 6.45) is 2.42. The number of benzene rings is 1. The molecule has 1 atom stereocenters. The van der Waals surface area contributed by atoms with Crippen LogP contribution in [0, 0.1) is 0 Å². The van der Waals surface area contributed by atoms with Gasteiger partial charge in [0.15, 0.2) is 5.13 Å². The molecule has 1 fully saturated rings. The molecule has 1 aromatic heterocycles. The van der Waals surface area contributed by atoms with Crippen molar-refractivity contribution >= 4 is 39.9 Å². The summed E-state index contributed by atoms with van der Waals surface area (Å²) in [4.78, 5) is 30.3. The smallest absolute Gasteiger partial charge is 0.228 e. The van der Waals surface area contributed by atoms with Crippen LogP contribution >= 0.6 is 22.9 Å². The molecule has 1 aliphatic rings. The second kappa shape index (κ2) is 7.97. The number of nitrogens with zero attached hydrogens (tertiary/aromatic N) is 2. The van der Waals surface area contributed by atoms with Crippen molar-refractivity contribution in [3.63, 3.8) is 0 Å². The lowest BCUT2D eigenvalue weighted by Gasteiger charge is -2.17. The summed E-state index contributed by atoms with van der Waals surface area (Å²) in [7, 11) is 0. The zero-order valence-corrected chi connectivity index (χ0v) is 15.6. The molecule has 1 aromatic carbocycles. The highest BCUT2D eigenvalue weighted by Crippen LogP contribution is 2.26. The number of halogens is 1. The van der Waals surface area contributed by atoms with Crippen LogP contribution in [-0.2, 0) is 16.0 Å². The van der Waals surface area contributed by atoms with Gasteiger partial charge in [-0.25, -0.2) is 4.98 Å². The van der Waals surface area contributed by atoms with Gasteiger partial charge in [0, 0.05) is 23.4 Å². The molecular weight excluding hydrogens is 358 g/mol. The van der Waals surface area contributed by atoms with Crippen LogP contribution in [0.4, 0.5) is 5.13 Å². The first-order valence-electron chi connectivity index (χ1n) is 8.36. The van der Waals surface area contributed by atoms with E-state index in [2.05, 4.69) is 10.3 Å². The quantitative estimate of drug-likeness (QED) is 0.834. The van der Waals surface area contributed by atoms with E-state index in [4.69, 9.17) is 11.6 Å². The Balaban J connectivity index is 1.62. The summed E-state index contributed by atoms with van der Waals surface area (Å²) < 4.78 is 0. The van der Waals surface area contributed by atoms with E-state index in [9.17, 15) is 9.59 Å². The molecule has 1 aliphatic heterocycles. The van der Waals surface area contributed by atoms with E-state index in [1.54, 1.807) is 4.90 Å². The van der Waals surface area contributed by atoms with Crippen LogP contribution in [0.25, 0.3) is 0 Å². The topological polar surface area (TPSA) is 62.3 Å². The lowest BCUT2D eigenvalue weighted by molar-refractivity contribution is -0.121. The van der Waals surface area contributed by atoms with E-state index in [1.807, 2.05) is 36.6 Å². The molecule has 2 amide bonds. The number of aromatic nitrogens is 1. The molecule has 1 unspecified atom stereocenters. The first-order valence-corrected chi connectivity index (χ1v) is 9.62. The van der Waals surface area contributed by atoms with E-state index in [0.717, 1.165) is 18.4 Å². The fourth-order valence-corrected chi connectivity index (χ4v) is 3.97. The fraction of sp³-hybridized carbons (Fsp3) is 0.389. The second-order valence-corrected chi connectivity index (χ2v) is 7.30. The highest BCUT2D eigenvalue weighted by Gasteiger charge is 2.24. The van der Waals surface area contributed by atoms with Crippen LogP contribution < -0.4 is 10.2 Å². The number of hydrogen-bond acceptors (Lipinski definition) is 4. The van der Waals surface area contributed by atoms with Gasteiger partial charge >= 0.3 is 0 Å². The minimum absolute atomic E-state index is 0.0792. The molecule has 1 N–H and O–H groups in total. The van der Waals surface area contributed by atoms with Gasteiger partial charge < -0.3 is 5.32 Å². The lowest BCUT2D eigenvalue weighted by Crippen LogP contribution is -2.29. The zero-order chi connectivity index (χ0) is 17.8. The Morgan fingerprint density at radius 3 is 3.00 bits per heavy atom. The van der Waals surface area contributed by atoms with Crippen molar-refractivity contribution in [2.75, 3.05) is 11.4 Å². The minimum Gasteiger partial charge on any atom is -0.349 e. The predicted octanol–water partition coefficient (Wildman–Crippen LogP) is 3.73. The van der Waals surface area contributed by atoms with Gasteiger partial charge in [0.1, 0.15) is 0 Å². The maximum absolute atomic E-state index is 12.4. The summed E-state index contributed by atoms with van der Waals surface area (Å²) in [5, 5.41) is 6.23. The Morgan fingerprint density at radius 2 is 2.32 bits per heavy atom. The predicted molar refractivity (Wildman–Crippen MR) is 100 cm³/mol. The molecule has 25 heavy (non-hydrogen) atoms. The Hall–Kier alpha value is -1.92. The third-order valence-electron chi connectivity index (χ3n) is 4.18. The number of anilines is 1. The average molecular weight is 378 g/mol. The molecule has 2 aromatic rings. The highest BCUT2D eigenvalue weighted by atomic mass is 35.5. The summed E-state index contributed by atoms with van der Waals surface area (Å²) in [6.45, 7) is 2.73. The van der Waals surface area contributed by atoms with E-state index in [0.29, 0.717) is 28.8 Å². The standard InChI is InChI=1S/C18H20ClN3O2S/c1-2-15(12-5-3-6-13(19)9-12)21-16(23)10-14-11-25-18(20-14)22-8-4-7-17(22)24/h3,5-6,9,11,15H,2,4,7-8,10H2,1H3,(H,21,23). The normalized spacial score (nSPS) is 15.4. The van der Waals surface area contributed by atoms with Crippen LogP contribution in [0.5, 0.6) is 0 Å². The van der Waals surface area contributed by atoms with Gasteiger partial charge in [0.2, 0.25) is 11.8 Å². The van der Waals surface area contributed by atoms with Crippen molar-refractivity contribution in [3.8, 4) is 0 Å². The van der Waals surface area contributed by atoms with E-state index < -0.39 is 0 Å². The molecule has 3 rings (SSSR count). The Morgan fingerprint density at radius 1 is 1.48 bits per heavy atom. The summed E-state index contributed by atoms with van der Waals surface area (Å²) in [5.74, 6) is 0.0220. The summed E-state index contributed by atoms with van der Waals surface area (Å²) in [5.41, 5.74) is 1.68. The number of carbonyl (C=O) groups is 2. The second-order valence-electron chi connectivity index (χ2n) is 6.03. The van der Waals surface area contributed by atoms with Gasteiger partial charge in [-0.05, 0) is 30.5 Å². The number of amides is 2. The van der Waals surface area contributed by atoms with Gasteiger partial charge in [-0.1, -0.05) is 30.7 Å². The van der Waals surface area contributed by atoms with Crippen molar-refractivity contribution < 1.29 is 9.59 Å². The molecule has 1 saturated heterocycles. The molecule has 7 heteroatoms. The van der Waals surface area contributed by atoms with Crippen LogP contribution in [-0.4, -0.2) is 23.3 Å². The van der Waals surface area contributed by atoms with E-state index in [-0.39, 0.29) is 24.3 Å². The first kappa shape index (κ1) is 17.9. The SMILES string of the molecule is CCC(NC(=O)Cc1csc(N2CCCC2=O)n1)c1cccc(Cl)c1. The van der Waals surface area contributed by atoms with Crippen LogP contribution in [0.3, 0.4) is 0 Å². The van der Waals surface area contributed by atoms with Crippen LogP contribution in [0.15, 0.2) is 29.6 Å². The van der Waals surface area contributed by atoms with Gasteiger partial charge in [0.25, 0.3) is 0 Å². The van der Waals surface area contributed by atoms with Crippen LogP contribution in [0.2, 0.25) is 5.02 Å². The number of hydrogen-bond donors (Lipinski definition) is 1. The molecular formula is C18H20ClN3O2S. The third-order valence-corrected chi connectivity index (χ3v) is 5.33. The van der Waals surface area contributed by atoms with Crippen molar-refractivity contribution in [2.45, 2.75) is 38.6 Å². The Bertz CT molecular complexity index is 777. The average Bonchev–Trinajstić information content (AvgIpc) is 3.21.